The molecule has 0 fully saturated rings. The molecule has 0 aliphatic carbocycles. The number of allylic oxidation sites excluding steroid dienone is 6. The van der Waals surface area contributed by atoms with Crippen molar-refractivity contribution in [2.75, 3.05) is 13.2 Å². The number of hydrogen-bond acceptors (Lipinski definition) is 7. The van der Waals surface area contributed by atoms with Gasteiger partial charge >= 0.3 is 11.9 Å². The predicted octanol–water partition coefficient (Wildman–Crippen LogP) is 7.69. The van der Waals surface area contributed by atoms with E-state index in [1.165, 1.54) is 32.1 Å². The van der Waals surface area contributed by atoms with Crippen LogP contribution >= 0.6 is 0 Å². The standard InChI is InChI=1S/C36H62O7/c1-4-5-16-23-32(37)24-18-13-9-7-10-14-19-25-33(38)26-21-28-36(41)43-30-34(39)29-42-35(40)27-20-15-11-6-8-12-17-22-31(2)3/h9-10,13-14,18-19,24-25,31-34,37-39H,4-8,11-12,15-17,20-23,26-30H2,1-3H3/b13-9-,14-10-,24-18+,25-19+/t32-,33-,34-/m0/s1. The molecule has 0 unspecified atom stereocenters. The second-order valence-corrected chi connectivity index (χ2v) is 11.8. The highest BCUT2D eigenvalue weighted by atomic mass is 16.6. The van der Waals surface area contributed by atoms with Crippen molar-refractivity contribution in [1.29, 1.82) is 0 Å². The van der Waals surface area contributed by atoms with Crippen LogP contribution < -0.4 is 0 Å². The van der Waals surface area contributed by atoms with Gasteiger partial charge in [0.25, 0.3) is 0 Å². The van der Waals surface area contributed by atoms with Gasteiger partial charge < -0.3 is 24.8 Å². The van der Waals surface area contributed by atoms with Gasteiger partial charge in [0.05, 0.1) is 12.2 Å². The number of rotatable bonds is 28. The normalized spacial score (nSPS) is 14.4. The molecule has 0 aromatic carbocycles. The SMILES string of the molecule is CCCCC[C@H](O)/C=C/C=C\C/C=C\C=C\[C@H](O)CCCC(=O)OC[C@@H](O)COC(=O)CCCCCCCCCC(C)C. The maximum absolute atomic E-state index is 11.9. The van der Waals surface area contributed by atoms with E-state index in [1.807, 2.05) is 30.4 Å². The molecule has 3 N–H and O–H groups in total. The van der Waals surface area contributed by atoms with Gasteiger partial charge in [0.2, 0.25) is 0 Å². The first-order valence-corrected chi connectivity index (χ1v) is 16.8. The zero-order chi connectivity index (χ0) is 32.0. The van der Waals surface area contributed by atoms with Gasteiger partial charge in [-0.2, -0.15) is 0 Å². The minimum atomic E-state index is -1.05. The first-order valence-electron chi connectivity index (χ1n) is 16.8. The minimum Gasteiger partial charge on any atom is -0.463 e. The number of aliphatic hydroxyl groups is 3. The van der Waals surface area contributed by atoms with Gasteiger partial charge in [-0.25, -0.2) is 0 Å². The summed E-state index contributed by atoms with van der Waals surface area (Å²) in [6.45, 7) is 6.25. The van der Waals surface area contributed by atoms with E-state index in [-0.39, 0.29) is 31.7 Å². The molecule has 3 atom stereocenters. The topological polar surface area (TPSA) is 113 Å². The number of aliphatic hydroxyl groups excluding tert-OH is 3. The summed E-state index contributed by atoms with van der Waals surface area (Å²) >= 11 is 0. The first-order chi connectivity index (χ1) is 20.7. The fourth-order valence-corrected chi connectivity index (χ4v) is 4.31. The zero-order valence-corrected chi connectivity index (χ0v) is 27.3. The maximum atomic E-state index is 11.9. The van der Waals surface area contributed by atoms with Crippen LogP contribution in [0.5, 0.6) is 0 Å². The van der Waals surface area contributed by atoms with Crippen molar-refractivity contribution in [3.05, 3.63) is 48.6 Å². The third kappa shape index (κ3) is 31.0. The highest BCUT2D eigenvalue weighted by Gasteiger charge is 2.12. The molecule has 0 amide bonds. The average Bonchev–Trinajstić information content (AvgIpc) is 2.97. The van der Waals surface area contributed by atoms with E-state index >= 15 is 0 Å². The molecule has 0 aliphatic rings. The quantitative estimate of drug-likeness (QED) is 0.0475. The Morgan fingerprint density at radius 3 is 1.60 bits per heavy atom. The zero-order valence-electron chi connectivity index (χ0n) is 27.3. The van der Waals surface area contributed by atoms with Crippen molar-refractivity contribution in [2.45, 2.75) is 148 Å². The Morgan fingerprint density at radius 2 is 1.07 bits per heavy atom. The van der Waals surface area contributed by atoms with Gasteiger partial charge in [0.15, 0.2) is 0 Å². The molecule has 0 saturated carbocycles. The lowest BCUT2D eigenvalue weighted by atomic mass is 10.0. The Bertz CT molecular complexity index is 784. The van der Waals surface area contributed by atoms with Crippen molar-refractivity contribution in [1.82, 2.24) is 0 Å². The first kappa shape index (κ1) is 40.8. The molecule has 0 aromatic rings. The molecule has 0 aromatic heterocycles. The molecule has 0 radical (unpaired) electrons. The van der Waals surface area contributed by atoms with Crippen LogP contribution in [0.3, 0.4) is 0 Å². The highest BCUT2D eigenvalue weighted by Crippen LogP contribution is 2.13. The molecule has 7 nitrogen and oxygen atoms in total. The molecule has 0 saturated heterocycles. The minimum absolute atomic E-state index is 0.136. The van der Waals surface area contributed by atoms with E-state index in [4.69, 9.17) is 9.47 Å². The van der Waals surface area contributed by atoms with Crippen LogP contribution in [0.25, 0.3) is 0 Å². The van der Waals surface area contributed by atoms with Crippen LogP contribution in [0.1, 0.15) is 130 Å². The number of carbonyl (C=O) groups is 2. The van der Waals surface area contributed by atoms with Crippen molar-refractivity contribution in [2.24, 2.45) is 5.92 Å². The van der Waals surface area contributed by atoms with E-state index in [2.05, 4.69) is 20.8 Å². The average molecular weight is 607 g/mol. The lowest BCUT2D eigenvalue weighted by molar-refractivity contribution is -0.152. The second kappa shape index (κ2) is 29.8. The lowest BCUT2D eigenvalue weighted by Crippen LogP contribution is -2.25. The summed E-state index contributed by atoms with van der Waals surface area (Å²) in [6, 6.07) is 0. The van der Waals surface area contributed by atoms with E-state index in [0.29, 0.717) is 19.3 Å². The predicted molar refractivity (Wildman–Crippen MR) is 175 cm³/mol. The fourth-order valence-electron chi connectivity index (χ4n) is 4.31. The molecular formula is C36H62O7. The lowest BCUT2D eigenvalue weighted by Gasteiger charge is -2.12. The molecule has 7 heteroatoms. The van der Waals surface area contributed by atoms with Gasteiger partial charge in [-0.3, -0.25) is 9.59 Å². The number of unbranched alkanes of at least 4 members (excludes halogenated alkanes) is 8. The molecule has 0 aliphatic heterocycles. The van der Waals surface area contributed by atoms with Gasteiger partial charge in [0, 0.05) is 12.8 Å². The van der Waals surface area contributed by atoms with Gasteiger partial charge in [-0.1, -0.05) is 134 Å². The van der Waals surface area contributed by atoms with Crippen LogP contribution in [0.15, 0.2) is 48.6 Å². The highest BCUT2D eigenvalue weighted by molar-refractivity contribution is 5.69. The summed E-state index contributed by atoms with van der Waals surface area (Å²) in [6.07, 6.45) is 28.2. The van der Waals surface area contributed by atoms with E-state index < -0.39 is 18.2 Å². The summed E-state index contributed by atoms with van der Waals surface area (Å²) in [7, 11) is 0. The van der Waals surface area contributed by atoms with Crippen molar-refractivity contribution < 1.29 is 34.4 Å². The summed E-state index contributed by atoms with van der Waals surface area (Å²) < 4.78 is 10.1. The van der Waals surface area contributed by atoms with Gasteiger partial charge in [-0.05, 0) is 38.0 Å². The van der Waals surface area contributed by atoms with E-state index in [9.17, 15) is 24.9 Å². The third-order valence-electron chi connectivity index (χ3n) is 6.95. The summed E-state index contributed by atoms with van der Waals surface area (Å²) in [5.41, 5.74) is 0. The summed E-state index contributed by atoms with van der Waals surface area (Å²) in [5, 5.41) is 29.8. The Kier molecular flexibility index (Phi) is 28.3. The van der Waals surface area contributed by atoms with Crippen LogP contribution in [-0.2, 0) is 19.1 Å². The smallest absolute Gasteiger partial charge is 0.305 e. The van der Waals surface area contributed by atoms with Crippen LogP contribution in [-0.4, -0.2) is 58.8 Å². The van der Waals surface area contributed by atoms with Crippen molar-refractivity contribution >= 4 is 11.9 Å². The molecule has 248 valence electrons. The maximum Gasteiger partial charge on any atom is 0.305 e. The Morgan fingerprint density at radius 1 is 0.605 bits per heavy atom. The number of ether oxygens (including phenoxy) is 2. The molecule has 0 bridgehead atoms. The molecular weight excluding hydrogens is 544 g/mol. The number of carbonyl (C=O) groups excluding carboxylic acids is 2. The van der Waals surface area contributed by atoms with E-state index in [0.717, 1.165) is 57.3 Å². The van der Waals surface area contributed by atoms with Crippen molar-refractivity contribution in [3.63, 3.8) is 0 Å². The largest absolute Gasteiger partial charge is 0.463 e. The Labute approximate surface area is 262 Å². The van der Waals surface area contributed by atoms with Gasteiger partial charge in [0.1, 0.15) is 19.3 Å². The summed E-state index contributed by atoms with van der Waals surface area (Å²) in [5.74, 6) is -0.0179. The van der Waals surface area contributed by atoms with Crippen LogP contribution in [0, 0.1) is 5.92 Å². The molecule has 43 heavy (non-hydrogen) atoms. The van der Waals surface area contributed by atoms with Crippen LogP contribution in [0.2, 0.25) is 0 Å². The van der Waals surface area contributed by atoms with Crippen LogP contribution in [0.4, 0.5) is 0 Å². The number of hydrogen-bond donors (Lipinski definition) is 3. The Hall–Kier alpha value is -2.22. The molecule has 0 rings (SSSR count). The fraction of sp³-hybridized carbons (Fsp3) is 0.722. The van der Waals surface area contributed by atoms with E-state index in [1.54, 1.807) is 18.2 Å². The van der Waals surface area contributed by atoms with Gasteiger partial charge in [-0.15, -0.1) is 0 Å². The summed E-state index contributed by atoms with van der Waals surface area (Å²) in [4.78, 5) is 23.8. The molecule has 0 heterocycles. The number of esters is 2. The second-order valence-electron chi connectivity index (χ2n) is 11.8. The third-order valence-corrected chi connectivity index (χ3v) is 6.95. The van der Waals surface area contributed by atoms with Crippen molar-refractivity contribution in [3.8, 4) is 0 Å². The monoisotopic (exact) mass is 606 g/mol. The molecule has 0 spiro atoms. The Balaban J connectivity index is 3.77.